The Morgan fingerprint density at radius 2 is 1.74 bits per heavy atom. The van der Waals surface area contributed by atoms with Crippen LogP contribution < -0.4 is 5.32 Å². The average molecular weight is 408 g/mol. The smallest absolute Gasteiger partial charge is 0.128 e. The first-order chi connectivity index (χ1) is 8.97. The minimum Gasteiger partial charge on any atom is -0.377 e. The number of rotatable bonds is 3. The zero-order valence-corrected chi connectivity index (χ0v) is 14.0. The van der Waals surface area contributed by atoms with Gasteiger partial charge in [-0.2, -0.15) is 0 Å². The second kappa shape index (κ2) is 6.25. The predicted molar refractivity (Wildman–Crippen MR) is 85.3 cm³/mol. The number of halogens is 4. The van der Waals surface area contributed by atoms with E-state index in [0.29, 0.717) is 10.6 Å². The maximum atomic E-state index is 13.8. The molecule has 2 rings (SSSR count). The van der Waals surface area contributed by atoms with Crippen LogP contribution >= 0.6 is 43.5 Å². The topological polar surface area (TPSA) is 12.0 Å². The quantitative estimate of drug-likeness (QED) is 0.641. The Hall–Kier alpha value is -0.580. The summed E-state index contributed by atoms with van der Waals surface area (Å²) in [6.45, 7) is 1.89. The van der Waals surface area contributed by atoms with Crippen LogP contribution in [0.25, 0.3) is 0 Å². The normalized spacial score (nSPS) is 12.3. The van der Waals surface area contributed by atoms with Gasteiger partial charge in [-0.1, -0.05) is 43.5 Å². The highest BCUT2D eigenvalue weighted by Gasteiger charge is 2.12. The number of benzene rings is 2. The molecule has 0 amide bonds. The largest absolute Gasteiger partial charge is 0.377 e. The van der Waals surface area contributed by atoms with Crippen LogP contribution in [0.5, 0.6) is 0 Å². The Balaban J connectivity index is 2.25. The molecule has 2 aromatic rings. The molecule has 0 spiro atoms. The lowest BCUT2D eigenvalue weighted by atomic mass is 10.1. The van der Waals surface area contributed by atoms with Crippen molar-refractivity contribution in [2.75, 3.05) is 5.32 Å². The molecule has 0 fully saturated rings. The molecule has 0 aliphatic rings. The minimum atomic E-state index is -0.239. The molecule has 1 atom stereocenters. The highest BCUT2D eigenvalue weighted by molar-refractivity contribution is 9.10. The van der Waals surface area contributed by atoms with E-state index in [9.17, 15) is 4.39 Å². The predicted octanol–water partition coefficient (Wildman–Crippen LogP) is 6.18. The molecule has 0 aliphatic heterocycles. The van der Waals surface area contributed by atoms with Gasteiger partial charge in [-0.25, -0.2) is 4.39 Å². The van der Waals surface area contributed by atoms with E-state index in [4.69, 9.17) is 11.6 Å². The van der Waals surface area contributed by atoms with Crippen LogP contribution in [0.4, 0.5) is 10.1 Å². The summed E-state index contributed by atoms with van der Waals surface area (Å²) in [6, 6.07) is 10.3. The lowest BCUT2D eigenvalue weighted by molar-refractivity contribution is 0.600. The summed E-state index contributed by atoms with van der Waals surface area (Å²) >= 11 is 12.8. The Kier molecular flexibility index (Phi) is 4.87. The summed E-state index contributed by atoms with van der Waals surface area (Å²) in [5, 5.41) is 3.80. The second-order valence-corrected chi connectivity index (χ2v) is 6.39. The fourth-order valence-corrected chi connectivity index (χ4v) is 2.87. The molecule has 5 heteroatoms. The van der Waals surface area contributed by atoms with Gasteiger partial charge in [0.05, 0.1) is 16.8 Å². The lowest BCUT2D eigenvalue weighted by Gasteiger charge is -2.18. The van der Waals surface area contributed by atoms with E-state index < -0.39 is 0 Å². The second-order valence-electron chi connectivity index (χ2n) is 4.16. The van der Waals surface area contributed by atoms with Gasteiger partial charge in [0.25, 0.3) is 0 Å². The van der Waals surface area contributed by atoms with Crippen molar-refractivity contribution in [1.29, 1.82) is 0 Å². The van der Waals surface area contributed by atoms with Crippen molar-refractivity contribution in [1.82, 2.24) is 0 Å². The third kappa shape index (κ3) is 3.71. The Morgan fingerprint density at radius 3 is 2.42 bits per heavy atom. The van der Waals surface area contributed by atoms with Gasteiger partial charge >= 0.3 is 0 Å². The first-order valence-corrected chi connectivity index (χ1v) is 7.60. The van der Waals surface area contributed by atoms with Crippen LogP contribution in [0.3, 0.4) is 0 Å². The molecular weight excluding hydrogens is 396 g/mol. The molecule has 0 radical (unpaired) electrons. The van der Waals surface area contributed by atoms with Gasteiger partial charge in [-0.15, -0.1) is 0 Å². The van der Waals surface area contributed by atoms with Gasteiger partial charge in [0, 0.05) is 14.5 Å². The third-order valence-corrected chi connectivity index (χ3v) is 4.03. The minimum absolute atomic E-state index is 0.184. The highest BCUT2D eigenvalue weighted by atomic mass is 79.9. The van der Waals surface area contributed by atoms with Gasteiger partial charge in [0.2, 0.25) is 0 Å². The molecule has 0 saturated heterocycles. The van der Waals surface area contributed by atoms with E-state index >= 15 is 0 Å². The van der Waals surface area contributed by atoms with E-state index in [1.165, 1.54) is 6.07 Å². The standard InChI is InChI=1S/C14H11Br2ClFN/c1-8(11-6-9(15)2-4-13(11)18)19-14-5-3-10(16)7-12(14)17/h2-8,19H,1H3. The maximum absolute atomic E-state index is 13.8. The third-order valence-electron chi connectivity index (χ3n) is 2.73. The zero-order valence-electron chi connectivity index (χ0n) is 10.1. The van der Waals surface area contributed by atoms with Crippen molar-refractivity contribution in [3.05, 3.63) is 61.7 Å². The van der Waals surface area contributed by atoms with E-state index in [1.54, 1.807) is 18.2 Å². The first-order valence-electron chi connectivity index (χ1n) is 5.64. The molecule has 0 aromatic heterocycles. The van der Waals surface area contributed by atoms with Gasteiger partial charge in [-0.3, -0.25) is 0 Å². The number of anilines is 1. The van der Waals surface area contributed by atoms with E-state index in [1.807, 2.05) is 19.1 Å². The summed E-state index contributed by atoms with van der Waals surface area (Å²) in [4.78, 5) is 0. The molecule has 100 valence electrons. The summed E-state index contributed by atoms with van der Waals surface area (Å²) in [6.07, 6.45) is 0. The van der Waals surface area contributed by atoms with Crippen molar-refractivity contribution in [3.8, 4) is 0 Å². The van der Waals surface area contributed by atoms with Gasteiger partial charge < -0.3 is 5.32 Å². The molecule has 2 aromatic carbocycles. The Bertz CT molecular complexity index is 604. The Labute approximate surface area is 133 Å². The van der Waals surface area contributed by atoms with E-state index in [-0.39, 0.29) is 11.9 Å². The van der Waals surface area contributed by atoms with Crippen molar-refractivity contribution in [3.63, 3.8) is 0 Å². The molecular formula is C14H11Br2ClFN. The molecule has 1 nitrogen and oxygen atoms in total. The average Bonchev–Trinajstić information content (AvgIpc) is 2.35. The van der Waals surface area contributed by atoms with Gasteiger partial charge in [-0.05, 0) is 43.3 Å². The first kappa shape index (κ1) is 14.8. The van der Waals surface area contributed by atoms with Gasteiger partial charge in [0.15, 0.2) is 0 Å². The van der Waals surface area contributed by atoms with Crippen LogP contribution in [-0.2, 0) is 0 Å². The van der Waals surface area contributed by atoms with Gasteiger partial charge in [0.1, 0.15) is 5.82 Å². The fraction of sp³-hybridized carbons (Fsp3) is 0.143. The van der Waals surface area contributed by atoms with Crippen molar-refractivity contribution < 1.29 is 4.39 Å². The number of hydrogen-bond acceptors (Lipinski definition) is 1. The molecule has 0 saturated carbocycles. The van der Waals surface area contributed by atoms with Crippen molar-refractivity contribution in [2.45, 2.75) is 13.0 Å². The van der Waals surface area contributed by atoms with E-state index in [0.717, 1.165) is 14.6 Å². The summed E-state index contributed by atoms with van der Waals surface area (Å²) in [7, 11) is 0. The maximum Gasteiger partial charge on any atom is 0.128 e. The highest BCUT2D eigenvalue weighted by Crippen LogP contribution is 2.30. The van der Waals surface area contributed by atoms with Crippen molar-refractivity contribution >= 4 is 49.1 Å². The van der Waals surface area contributed by atoms with Crippen molar-refractivity contribution in [2.24, 2.45) is 0 Å². The van der Waals surface area contributed by atoms with Crippen LogP contribution in [0.2, 0.25) is 5.02 Å². The monoisotopic (exact) mass is 405 g/mol. The fourth-order valence-electron chi connectivity index (χ4n) is 1.76. The Morgan fingerprint density at radius 1 is 1.11 bits per heavy atom. The molecule has 0 aliphatic carbocycles. The van der Waals surface area contributed by atoms with Crippen LogP contribution in [0.1, 0.15) is 18.5 Å². The number of nitrogens with one attached hydrogen (secondary N) is 1. The SMILES string of the molecule is CC(Nc1ccc(Br)cc1Cl)c1cc(Br)ccc1F. The molecule has 1 N–H and O–H groups in total. The lowest BCUT2D eigenvalue weighted by Crippen LogP contribution is -2.09. The molecule has 0 heterocycles. The van der Waals surface area contributed by atoms with Crippen LogP contribution in [-0.4, -0.2) is 0 Å². The van der Waals surface area contributed by atoms with Crippen LogP contribution in [0, 0.1) is 5.82 Å². The van der Waals surface area contributed by atoms with Crippen LogP contribution in [0.15, 0.2) is 45.3 Å². The zero-order chi connectivity index (χ0) is 14.0. The molecule has 1 unspecified atom stereocenters. The summed E-state index contributed by atoms with van der Waals surface area (Å²) < 4.78 is 15.5. The van der Waals surface area contributed by atoms with E-state index in [2.05, 4.69) is 37.2 Å². The molecule has 0 bridgehead atoms. The summed E-state index contributed by atoms with van der Waals surface area (Å²) in [5.41, 5.74) is 1.37. The molecule has 19 heavy (non-hydrogen) atoms. The number of hydrogen-bond donors (Lipinski definition) is 1. The summed E-state index contributed by atoms with van der Waals surface area (Å²) in [5.74, 6) is -0.239.